The van der Waals surface area contributed by atoms with E-state index in [-0.39, 0.29) is 6.61 Å². The lowest BCUT2D eigenvalue weighted by molar-refractivity contribution is 0.102. The van der Waals surface area contributed by atoms with Crippen molar-refractivity contribution in [3.05, 3.63) is 35.9 Å². The summed E-state index contributed by atoms with van der Waals surface area (Å²) in [6.45, 7) is 1.21. The molecule has 0 bridgehead atoms. The van der Waals surface area contributed by atoms with Gasteiger partial charge in [-0.1, -0.05) is 30.3 Å². The first-order valence-corrected chi connectivity index (χ1v) is 6.79. The molecule has 0 heterocycles. The minimum Gasteiger partial charge on any atom is -0.395 e. The summed E-state index contributed by atoms with van der Waals surface area (Å²) in [6.07, 6.45) is 0. The molecule has 94 valence electrons. The first kappa shape index (κ1) is 13.8. The predicted octanol–water partition coefficient (Wildman–Crippen LogP) is 0.169. The van der Waals surface area contributed by atoms with Gasteiger partial charge in [-0.3, -0.25) is 4.79 Å². The zero-order chi connectivity index (χ0) is 12.9. The number of Topliss-reactive ketones (excluding diaryl/α,β-unsaturated/α-hetero) is 1. The second-order valence-electron chi connectivity index (χ2n) is 3.75. The van der Waals surface area contributed by atoms with Crippen LogP contribution in [-0.2, 0) is 10.0 Å². The summed E-state index contributed by atoms with van der Waals surface area (Å²) in [5.41, 5.74) is 0.356. The van der Waals surface area contributed by atoms with E-state index in [4.69, 9.17) is 5.11 Å². The Kier molecular flexibility index (Phi) is 4.80. The van der Waals surface area contributed by atoms with E-state index < -0.39 is 27.6 Å². The lowest BCUT2D eigenvalue weighted by atomic mass is 10.2. The van der Waals surface area contributed by atoms with E-state index in [0.29, 0.717) is 5.56 Å². The largest absolute Gasteiger partial charge is 0.395 e. The highest BCUT2D eigenvalue weighted by molar-refractivity contribution is 7.90. The third-order valence-electron chi connectivity index (χ3n) is 2.07. The molecular formula is C11H15NO4S. The van der Waals surface area contributed by atoms with Crippen molar-refractivity contribution >= 4 is 15.8 Å². The Morgan fingerprint density at radius 1 is 1.35 bits per heavy atom. The van der Waals surface area contributed by atoms with Crippen molar-refractivity contribution in [2.75, 3.05) is 12.4 Å². The second-order valence-corrected chi connectivity index (χ2v) is 5.50. The minimum atomic E-state index is -3.70. The van der Waals surface area contributed by atoms with Gasteiger partial charge in [0.2, 0.25) is 10.0 Å². The number of benzene rings is 1. The molecule has 1 rings (SSSR count). The molecule has 0 radical (unpaired) electrons. The van der Waals surface area contributed by atoms with Gasteiger partial charge in [-0.05, 0) is 6.92 Å². The van der Waals surface area contributed by atoms with Crippen LogP contribution in [0.3, 0.4) is 0 Å². The van der Waals surface area contributed by atoms with Gasteiger partial charge in [0.1, 0.15) is 5.75 Å². The van der Waals surface area contributed by atoms with Crippen LogP contribution in [0.1, 0.15) is 17.3 Å². The molecule has 0 saturated carbocycles. The number of hydrogen-bond donors (Lipinski definition) is 2. The van der Waals surface area contributed by atoms with Crippen LogP contribution < -0.4 is 4.72 Å². The van der Waals surface area contributed by atoms with E-state index >= 15 is 0 Å². The maximum absolute atomic E-state index is 11.6. The second kappa shape index (κ2) is 5.90. The SMILES string of the molecule is CC(CO)NS(=O)(=O)CC(=O)c1ccccc1. The molecule has 2 N–H and O–H groups in total. The Morgan fingerprint density at radius 3 is 2.47 bits per heavy atom. The highest BCUT2D eigenvalue weighted by Gasteiger charge is 2.19. The van der Waals surface area contributed by atoms with Gasteiger partial charge >= 0.3 is 0 Å². The summed E-state index contributed by atoms with van der Waals surface area (Å²) in [5.74, 6) is -1.08. The van der Waals surface area contributed by atoms with Gasteiger partial charge in [-0.15, -0.1) is 0 Å². The number of hydrogen-bond acceptors (Lipinski definition) is 4. The molecule has 0 aliphatic rings. The van der Waals surface area contributed by atoms with Crippen LogP contribution in [-0.4, -0.2) is 37.7 Å². The highest BCUT2D eigenvalue weighted by atomic mass is 32.2. The minimum absolute atomic E-state index is 0.307. The average molecular weight is 257 g/mol. The van der Waals surface area contributed by atoms with Crippen molar-refractivity contribution < 1.29 is 18.3 Å². The number of carbonyl (C=O) groups excluding carboxylic acids is 1. The zero-order valence-electron chi connectivity index (χ0n) is 9.46. The third kappa shape index (κ3) is 4.64. The van der Waals surface area contributed by atoms with Crippen molar-refractivity contribution in [1.29, 1.82) is 0 Å². The van der Waals surface area contributed by atoms with Crippen LogP contribution in [0, 0.1) is 0 Å². The summed E-state index contributed by atoms with van der Waals surface area (Å²) in [6, 6.07) is 7.62. The molecule has 5 nitrogen and oxygen atoms in total. The van der Waals surface area contributed by atoms with Gasteiger partial charge in [-0.2, -0.15) is 0 Å². The molecule has 0 spiro atoms. The monoisotopic (exact) mass is 257 g/mol. The number of ketones is 1. The molecule has 0 aromatic heterocycles. The van der Waals surface area contributed by atoms with Gasteiger partial charge in [0, 0.05) is 11.6 Å². The van der Waals surface area contributed by atoms with Crippen LogP contribution in [0.5, 0.6) is 0 Å². The van der Waals surface area contributed by atoms with Crippen molar-refractivity contribution in [2.45, 2.75) is 13.0 Å². The molecule has 0 aliphatic heterocycles. The summed E-state index contributed by atoms with van der Waals surface area (Å²) < 4.78 is 25.3. The van der Waals surface area contributed by atoms with Gasteiger partial charge < -0.3 is 5.11 Å². The van der Waals surface area contributed by atoms with Crippen molar-refractivity contribution in [3.63, 3.8) is 0 Å². The van der Waals surface area contributed by atoms with Gasteiger partial charge in [0.25, 0.3) is 0 Å². The smallest absolute Gasteiger partial charge is 0.219 e. The normalized spacial score (nSPS) is 13.3. The lowest BCUT2D eigenvalue weighted by Crippen LogP contribution is -2.38. The van der Waals surface area contributed by atoms with E-state index in [9.17, 15) is 13.2 Å². The van der Waals surface area contributed by atoms with E-state index in [1.807, 2.05) is 0 Å². The molecule has 0 amide bonds. The van der Waals surface area contributed by atoms with E-state index in [0.717, 1.165) is 0 Å². The molecule has 1 aromatic rings. The molecule has 1 atom stereocenters. The highest BCUT2D eigenvalue weighted by Crippen LogP contribution is 2.02. The standard InChI is InChI=1S/C11H15NO4S/c1-9(7-13)12-17(15,16)8-11(14)10-5-3-2-4-6-10/h2-6,9,12-13H,7-8H2,1H3. The van der Waals surface area contributed by atoms with Crippen LogP contribution in [0.15, 0.2) is 30.3 Å². The van der Waals surface area contributed by atoms with E-state index in [1.165, 1.54) is 6.92 Å². The summed E-state index contributed by atoms with van der Waals surface area (Å²) in [7, 11) is -3.70. The maximum Gasteiger partial charge on any atom is 0.219 e. The molecule has 0 aliphatic carbocycles. The Balaban J connectivity index is 2.69. The van der Waals surface area contributed by atoms with E-state index in [2.05, 4.69) is 4.72 Å². The predicted molar refractivity (Wildman–Crippen MR) is 64.2 cm³/mol. The van der Waals surface area contributed by atoms with Crippen molar-refractivity contribution in [2.24, 2.45) is 0 Å². The first-order valence-electron chi connectivity index (χ1n) is 5.13. The Morgan fingerprint density at radius 2 is 1.94 bits per heavy atom. The van der Waals surface area contributed by atoms with E-state index in [1.54, 1.807) is 30.3 Å². The Labute approximate surface area is 101 Å². The summed E-state index contributed by atoms with van der Waals surface area (Å²) >= 11 is 0. The quantitative estimate of drug-likeness (QED) is 0.712. The molecule has 1 unspecified atom stereocenters. The zero-order valence-corrected chi connectivity index (χ0v) is 10.3. The number of aliphatic hydroxyl groups excluding tert-OH is 1. The number of rotatable bonds is 6. The topological polar surface area (TPSA) is 83.5 Å². The number of carbonyl (C=O) groups is 1. The molecule has 1 aromatic carbocycles. The summed E-state index contributed by atoms with van der Waals surface area (Å²) in [5, 5.41) is 8.74. The third-order valence-corrected chi connectivity index (χ3v) is 3.48. The average Bonchev–Trinajstić information content (AvgIpc) is 2.28. The van der Waals surface area contributed by atoms with Crippen molar-refractivity contribution in [1.82, 2.24) is 4.72 Å². The fraction of sp³-hybridized carbons (Fsp3) is 0.364. The number of aliphatic hydroxyl groups is 1. The van der Waals surface area contributed by atoms with Gasteiger partial charge in [0.15, 0.2) is 5.78 Å². The first-order chi connectivity index (χ1) is 7.94. The number of nitrogens with one attached hydrogen (secondary N) is 1. The molecule has 6 heteroatoms. The Bertz CT molecular complexity index is 470. The van der Waals surface area contributed by atoms with Gasteiger partial charge in [-0.25, -0.2) is 13.1 Å². The molecule has 0 saturated heterocycles. The number of sulfonamides is 1. The molecule has 0 fully saturated rings. The van der Waals surface area contributed by atoms with Crippen molar-refractivity contribution in [3.8, 4) is 0 Å². The van der Waals surface area contributed by atoms with Gasteiger partial charge in [0.05, 0.1) is 6.61 Å². The maximum atomic E-state index is 11.6. The molecular weight excluding hydrogens is 242 g/mol. The molecule has 17 heavy (non-hydrogen) atoms. The van der Waals surface area contributed by atoms with Crippen LogP contribution in [0.2, 0.25) is 0 Å². The fourth-order valence-electron chi connectivity index (χ4n) is 1.27. The fourth-order valence-corrected chi connectivity index (χ4v) is 2.55. The van der Waals surface area contributed by atoms with Crippen LogP contribution in [0.4, 0.5) is 0 Å². The van der Waals surface area contributed by atoms with Crippen LogP contribution >= 0.6 is 0 Å². The summed E-state index contributed by atoms with van der Waals surface area (Å²) in [4.78, 5) is 11.6. The Hall–Kier alpha value is -1.24. The lowest BCUT2D eigenvalue weighted by Gasteiger charge is -2.10. The van der Waals surface area contributed by atoms with Crippen LogP contribution in [0.25, 0.3) is 0 Å².